The second-order valence-corrected chi connectivity index (χ2v) is 6.13. The molecule has 1 aromatic carbocycles. The van der Waals surface area contributed by atoms with Crippen LogP contribution in [0.1, 0.15) is 25.0 Å². The van der Waals surface area contributed by atoms with Gasteiger partial charge in [-0.15, -0.1) is 0 Å². The molecule has 0 aliphatic carbocycles. The molecule has 1 unspecified atom stereocenters. The van der Waals surface area contributed by atoms with Crippen molar-refractivity contribution in [1.29, 1.82) is 10.5 Å². The Kier molecular flexibility index (Phi) is 6.71. The molecule has 3 N–H and O–H groups in total. The van der Waals surface area contributed by atoms with Crippen LogP contribution in [0.5, 0.6) is 11.5 Å². The Morgan fingerprint density at radius 1 is 1.31 bits per heavy atom. The van der Waals surface area contributed by atoms with Crippen molar-refractivity contribution in [2.45, 2.75) is 20.0 Å². The maximum atomic E-state index is 12.1. The van der Waals surface area contributed by atoms with Crippen molar-refractivity contribution in [2.24, 2.45) is 0 Å². The predicted octanol–water partition coefficient (Wildman–Crippen LogP) is 2.36. The number of hydrogen-bond acceptors (Lipinski definition) is 8. The highest BCUT2D eigenvalue weighted by atomic mass is 35.5. The van der Waals surface area contributed by atoms with Crippen LogP contribution in [-0.2, 0) is 9.53 Å². The first-order valence-electron chi connectivity index (χ1n) is 8.36. The minimum absolute atomic E-state index is 0.0201. The molecule has 0 saturated carbocycles. The minimum atomic E-state index is -0.970. The monoisotopic (exact) mass is 416 g/mol. The van der Waals surface area contributed by atoms with Gasteiger partial charge < -0.3 is 24.9 Å². The molecule has 0 fully saturated rings. The van der Waals surface area contributed by atoms with Gasteiger partial charge in [-0.2, -0.15) is 10.5 Å². The Morgan fingerprint density at radius 3 is 2.52 bits per heavy atom. The summed E-state index contributed by atoms with van der Waals surface area (Å²) in [5, 5.41) is 18.9. The van der Waals surface area contributed by atoms with Gasteiger partial charge in [-0.05, 0) is 31.5 Å². The van der Waals surface area contributed by atoms with Crippen LogP contribution in [0.2, 0.25) is 5.02 Å². The Labute approximate surface area is 171 Å². The van der Waals surface area contributed by atoms with Crippen molar-refractivity contribution in [3.05, 3.63) is 38.6 Å². The molecule has 10 heteroatoms. The lowest BCUT2D eigenvalue weighted by Crippen LogP contribution is -2.25. The van der Waals surface area contributed by atoms with Gasteiger partial charge in [-0.1, -0.05) is 11.6 Å². The lowest BCUT2D eigenvalue weighted by molar-refractivity contribution is -0.147. The van der Waals surface area contributed by atoms with Crippen LogP contribution < -0.4 is 20.8 Å². The summed E-state index contributed by atoms with van der Waals surface area (Å²) in [7, 11) is 1.22. The summed E-state index contributed by atoms with van der Waals surface area (Å²) in [6.07, 6.45) is -0.970. The van der Waals surface area contributed by atoms with Gasteiger partial charge in [0.15, 0.2) is 17.6 Å². The van der Waals surface area contributed by atoms with Crippen LogP contribution in [0.4, 0.5) is 5.82 Å². The lowest BCUT2D eigenvalue weighted by atomic mass is 9.96. The SMILES string of the molecule is CCOc1cc(-c2c(C#N)c(N)[nH]c(=O)c2C#N)cc(Cl)c1OC(C)C(=O)OC. The second kappa shape index (κ2) is 9.00. The molecule has 1 aromatic heterocycles. The molecule has 0 aliphatic heterocycles. The third-order valence-corrected chi connectivity index (χ3v) is 4.17. The number of nitrogen functional groups attached to an aromatic ring is 1. The Bertz CT molecular complexity index is 1100. The van der Waals surface area contributed by atoms with Crippen molar-refractivity contribution in [2.75, 3.05) is 19.5 Å². The molecule has 1 atom stereocenters. The number of carbonyl (C=O) groups excluding carboxylic acids is 1. The molecule has 0 saturated heterocycles. The number of halogens is 1. The zero-order valence-electron chi connectivity index (χ0n) is 15.8. The lowest BCUT2D eigenvalue weighted by Gasteiger charge is -2.19. The molecule has 1 heterocycles. The Balaban J connectivity index is 2.75. The first kappa shape index (κ1) is 21.6. The van der Waals surface area contributed by atoms with E-state index in [-0.39, 0.29) is 51.2 Å². The molecule has 0 radical (unpaired) electrons. The highest BCUT2D eigenvalue weighted by Crippen LogP contribution is 2.41. The molecule has 0 bridgehead atoms. The number of anilines is 1. The number of carbonyl (C=O) groups is 1. The normalized spacial score (nSPS) is 11.1. The summed E-state index contributed by atoms with van der Waals surface area (Å²) in [5.41, 5.74) is 4.89. The smallest absolute Gasteiger partial charge is 0.346 e. The van der Waals surface area contributed by atoms with E-state index >= 15 is 0 Å². The number of aromatic amines is 1. The molecule has 0 amide bonds. The Morgan fingerprint density at radius 2 is 1.97 bits per heavy atom. The maximum absolute atomic E-state index is 12.1. The van der Waals surface area contributed by atoms with E-state index in [9.17, 15) is 20.1 Å². The van der Waals surface area contributed by atoms with E-state index < -0.39 is 17.6 Å². The van der Waals surface area contributed by atoms with Gasteiger partial charge in [0.05, 0.1) is 18.7 Å². The largest absolute Gasteiger partial charge is 0.490 e. The summed E-state index contributed by atoms with van der Waals surface area (Å²) < 4.78 is 15.8. The number of H-pyrrole nitrogens is 1. The van der Waals surface area contributed by atoms with Gasteiger partial charge in [0.25, 0.3) is 5.56 Å². The predicted molar refractivity (Wildman–Crippen MR) is 105 cm³/mol. The fraction of sp³-hybridized carbons (Fsp3) is 0.263. The molecule has 150 valence electrons. The van der Waals surface area contributed by atoms with Crippen molar-refractivity contribution in [3.63, 3.8) is 0 Å². The van der Waals surface area contributed by atoms with Gasteiger partial charge in [0, 0.05) is 5.56 Å². The third-order valence-electron chi connectivity index (χ3n) is 3.89. The molecule has 2 aromatic rings. The number of pyridine rings is 1. The molecular weight excluding hydrogens is 400 g/mol. The topological polar surface area (TPSA) is 151 Å². The van der Waals surface area contributed by atoms with Crippen LogP contribution >= 0.6 is 11.6 Å². The number of nitrogens with one attached hydrogen (secondary N) is 1. The summed E-state index contributed by atoms with van der Waals surface area (Å²) in [6.45, 7) is 3.43. The molecule has 2 rings (SSSR count). The van der Waals surface area contributed by atoms with E-state index in [1.54, 1.807) is 13.0 Å². The molecule has 0 aliphatic rings. The first-order chi connectivity index (χ1) is 13.8. The number of aromatic nitrogens is 1. The van der Waals surface area contributed by atoms with Gasteiger partial charge in [-0.3, -0.25) is 4.79 Å². The van der Waals surface area contributed by atoms with Crippen molar-refractivity contribution in [3.8, 4) is 34.8 Å². The molecule has 29 heavy (non-hydrogen) atoms. The van der Waals surface area contributed by atoms with E-state index in [1.807, 2.05) is 6.07 Å². The molecular formula is C19H17ClN4O5. The number of ether oxygens (including phenoxy) is 3. The number of methoxy groups -OCH3 is 1. The molecule has 0 spiro atoms. The van der Waals surface area contributed by atoms with E-state index in [4.69, 9.17) is 26.8 Å². The second-order valence-electron chi connectivity index (χ2n) is 5.72. The third kappa shape index (κ3) is 4.26. The van der Waals surface area contributed by atoms with Gasteiger partial charge in [0.1, 0.15) is 29.1 Å². The van der Waals surface area contributed by atoms with Crippen LogP contribution in [0, 0.1) is 22.7 Å². The standard InChI is InChI=1S/C19H17ClN4O5/c1-4-28-14-6-10(5-13(20)16(14)29-9(2)19(26)27-3)15-11(7-21)17(23)24-18(25)12(15)8-22/h5-6,9H,4H2,1-3H3,(H3,23,24,25). The van der Waals surface area contributed by atoms with Crippen LogP contribution in [-0.4, -0.2) is 30.8 Å². The fourth-order valence-corrected chi connectivity index (χ4v) is 2.87. The van der Waals surface area contributed by atoms with E-state index in [1.165, 1.54) is 26.2 Å². The van der Waals surface area contributed by atoms with Crippen LogP contribution in [0.15, 0.2) is 16.9 Å². The first-order valence-corrected chi connectivity index (χ1v) is 8.73. The van der Waals surface area contributed by atoms with Crippen LogP contribution in [0.25, 0.3) is 11.1 Å². The number of nitrogens with zero attached hydrogens (tertiary/aromatic N) is 2. The number of hydrogen-bond donors (Lipinski definition) is 2. The number of benzene rings is 1. The zero-order valence-corrected chi connectivity index (χ0v) is 16.6. The van der Waals surface area contributed by atoms with Crippen molar-refractivity contribution >= 4 is 23.4 Å². The Hall–Kier alpha value is -3.69. The zero-order chi connectivity index (χ0) is 21.7. The summed E-state index contributed by atoms with van der Waals surface area (Å²) in [5.74, 6) is -0.573. The van der Waals surface area contributed by atoms with Gasteiger partial charge in [0.2, 0.25) is 0 Å². The van der Waals surface area contributed by atoms with E-state index in [0.29, 0.717) is 0 Å². The summed E-state index contributed by atoms with van der Waals surface area (Å²) >= 11 is 6.34. The highest BCUT2D eigenvalue weighted by Gasteiger charge is 2.24. The van der Waals surface area contributed by atoms with Gasteiger partial charge >= 0.3 is 5.97 Å². The minimum Gasteiger partial charge on any atom is -0.490 e. The van der Waals surface area contributed by atoms with Crippen molar-refractivity contribution in [1.82, 2.24) is 4.98 Å². The summed E-state index contributed by atoms with van der Waals surface area (Å²) in [6, 6.07) is 6.50. The highest BCUT2D eigenvalue weighted by molar-refractivity contribution is 6.32. The van der Waals surface area contributed by atoms with Gasteiger partial charge in [-0.25, -0.2) is 4.79 Å². The average Bonchev–Trinajstić information content (AvgIpc) is 2.69. The van der Waals surface area contributed by atoms with Crippen molar-refractivity contribution < 1.29 is 19.0 Å². The van der Waals surface area contributed by atoms with E-state index in [0.717, 1.165) is 0 Å². The number of nitriles is 2. The fourth-order valence-electron chi connectivity index (χ4n) is 2.61. The number of rotatable bonds is 6. The summed E-state index contributed by atoms with van der Waals surface area (Å²) in [4.78, 5) is 26.1. The number of nitrogens with two attached hydrogens (primary N) is 1. The number of esters is 1. The average molecular weight is 417 g/mol. The maximum Gasteiger partial charge on any atom is 0.346 e. The van der Waals surface area contributed by atoms with Crippen LogP contribution in [0.3, 0.4) is 0 Å². The van der Waals surface area contributed by atoms with E-state index in [2.05, 4.69) is 9.72 Å². The molecule has 9 nitrogen and oxygen atoms in total. The quantitative estimate of drug-likeness (QED) is 0.680.